The topological polar surface area (TPSA) is 69.3 Å². The molecule has 0 aromatic carbocycles. The summed E-state index contributed by atoms with van der Waals surface area (Å²) in [6.45, 7) is 1.51. The second-order valence-corrected chi connectivity index (χ2v) is 6.22. The quantitative estimate of drug-likeness (QED) is 0.800. The number of carbonyl (C=O) groups excluding carboxylic acids is 1. The van der Waals surface area contributed by atoms with Gasteiger partial charge in [0, 0.05) is 32.5 Å². The summed E-state index contributed by atoms with van der Waals surface area (Å²) in [7, 11) is 1.72. The Hall–Kier alpha value is -1.49. The lowest BCUT2D eigenvalue weighted by atomic mass is 10.0. The highest BCUT2D eigenvalue weighted by Crippen LogP contribution is 2.48. The number of carbonyl (C=O) groups is 1. The minimum atomic E-state index is -0.00251. The molecule has 1 amide bonds. The molecule has 1 aromatic rings. The molecule has 0 saturated heterocycles. The van der Waals surface area contributed by atoms with E-state index in [9.17, 15) is 4.79 Å². The molecule has 2 aliphatic carbocycles. The molecule has 20 heavy (non-hydrogen) atoms. The SMILES string of the molecule is COCCC1(CNC(=O)c2cc(N)cn2C2CC2)CC1. The number of nitrogens with one attached hydrogen (secondary N) is 1. The van der Waals surface area contributed by atoms with Gasteiger partial charge in [-0.3, -0.25) is 4.79 Å². The van der Waals surface area contributed by atoms with Gasteiger partial charge in [0.15, 0.2) is 0 Å². The molecule has 0 radical (unpaired) electrons. The average Bonchev–Trinajstić information content (AvgIpc) is 3.34. The van der Waals surface area contributed by atoms with Crippen LogP contribution in [0.15, 0.2) is 12.3 Å². The molecule has 1 aromatic heterocycles. The largest absolute Gasteiger partial charge is 0.397 e. The lowest BCUT2D eigenvalue weighted by Gasteiger charge is -2.16. The van der Waals surface area contributed by atoms with Crippen LogP contribution in [0.3, 0.4) is 0 Å². The van der Waals surface area contributed by atoms with E-state index >= 15 is 0 Å². The Morgan fingerprint density at radius 3 is 2.90 bits per heavy atom. The smallest absolute Gasteiger partial charge is 0.268 e. The van der Waals surface area contributed by atoms with Gasteiger partial charge >= 0.3 is 0 Å². The highest BCUT2D eigenvalue weighted by atomic mass is 16.5. The molecule has 5 heteroatoms. The van der Waals surface area contributed by atoms with E-state index in [0.717, 1.165) is 32.4 Å². The second kappa shape index (κ2) is 5.13. The van der Waals surface area contributed by atoms with E-state index in [1.54, 1.807) is 13.2 Å². The monoisotopic (exact) mass is 277 g/mol. The molecule has 0 aliphatic heterocycles. The van der Waals surface area contributed by atoms with Gasteiger partial charge in [-0.1, -0.05) is 0 Å². The molecule has 0 bridgehead atoms. The van der Waals surface area contributed by atoms with Crippen molar-refractivity contribution < 1.29 is 9.53 Å². The highest BCUT2D eigenvalue weighted by molar-refractivity contribution is 5.94. The number of hydrogen-bond donors (Lipinski definition) is 2. The Bertz CT molecular complexity index is 501. The molecule has 3 rings (SSSR count). The van der Waals surface area contributed by atoms with Crippen LogP contribution in [0.25, 0.3) is 0 Å². The number of nitrogen functional groups attached to an aromatic ring is 1. The van der Waals surface area contributed by atoms with Gasteiger partial charge < -0.3 is 20.4 Å². The van der Waals surface area contributed by atoms with Crippen LogP contribution in [0.5, 0.6) is 0 Å². The predicted molar refractivity (Wildman–Crippen MR) is 77.6 cm³/mol. The van der Waals surface area contributed by atoms with Gasteiger partial charge in [-0.2, -0.15) is 0 Å². The van der Waals surface area contributed by atoms with Crippen LogP contribution < -0.4 is 11.1 Å². The molecular weight excluding hydrogens is 254 g/mol. The van der Waals surface area contributed by atoms with Gasteiger partial charge in [0.25, 0.3) is 5.91 Å². The Morgan fingerprint density at radius 2 is 2.30 bits per heavy atom. The van der Waals surface area contributed by atoms with Gasteiger partial charge in [-0.25, -0.2) is 0 Å². The maximum absolute atomic E-state index is 12.3. The Morgan fingerprint density at radius 1 is 1.55 bits per heavy atom. The molecule has 2 saturated carbocycles. The number of amides is 1. The van der Waals surface area contributed by atoms with Crippen molar-refractivity contribution in [2.45, 2.75) is 38.1 Å². The second-order valence-electron chi connectivity index (χ2n) is 6.22. The zero-order valence-electron chi connectivity index (χ0n) is 12.0. The number of nitrogens with two attached hydrogens (primary N) is 1. The first-order valence-electron chi connectivity index (χ1n) is 7.38. The van der Waals surface area contributed by atoms with E-state index in [1.165, 1.54) is 12.8 Å². The first-order valence-corrected chi connectivity index (χ1v) is 7.38. The summed E-state index contributed by atoms with van der Waals surface area (Å²) in [4.78, 5) is 12.3. The summed E-state index contributed by atoms with van der Waals surface area (Å²) in [6, 6.07) is 2.25. The van der Waals surface area contributed by atoms with Gasteiger partial charge in [0.05, 0.1) is 5.69 Å². The summed E-state index contributed by atoms with van der Waals surface area (Å²) >= 11 is 0. The first-order chi connectivity index (χ1) is 9.63. The lowest BCUT2D eigenvalue weighted by Crippen LogP contribution is -2.32. The van der Waals surface area contributed by atoms with Gasteiger partial charge in [-0.05, 0) is 43.6 Å². The lowest BCUT2D eigenvalue weighted by molar-refractivity contribution is 0.0928. The van der Waals surface area contributed by atoms with E-state index in [0.29, 0.717) is 17.4 Å². The number of anilines is 1. The van der Waals surface area contributed by atoms with E-state index in [-0.39, 0.29) is 11.3 Å². The number of rotatable bonds is 7. The summed E-state index contributed by atoms with van der Waals surface area (Å²) < 4.78 is 7.17. The van der Waals surface area contributed by atoms with E-state index in [4.69, 9.17) is 10.5 Å². The maximum atomic E-state index is 12.3. The third-order valence-electron chi connectivity index (χ3n) is 4.46. The fourth-order valence-electron chi connectivity index (χ4n) is 2.71. The third-order valence-corrected chi connectivity index (χ3v) is 4.46. The van der Waals surface area contributed by atoms with Crippen LogP contribution in [-0.2, 0) is 4.74 Å². The molecule has 0 spiro atoms. The van der Waals surface area contributed by atoms with Crippen molar-refractivity contribution in [1.29, 1.82) is 0 Å². The Kier molecular flexibility index (Phi) is 3.46. The van der Waals surface area contributed by atoms with E-state index < -0.39 is 0 Å². The van der Waals surface area contributed by atoms with Gasteiger partial charge in [0.2, 0.25) is 0 Å². The van der Waals surface area contributed by atoms with Crippen molar-refractivity contribution in [2.75, 3.05) is 26.0 Å². The van der Waals surface area contributed by atoms with Crippen molar-refractivity contribution in [3.05, 3.63) is 18.0 Å². The number of methoxy groups -OCH3 is 1. The molecule has 1 heterocycles. The van der Waals surface area contributed by atoms with Crippen LogP contribution in [0, 0.1) is 5.41 Å². The Balaban J connectivity index is 1.59. The van der Waals surface area contributed by atoms with Crippen LogP contribution in [0.1, 0.15) is 48.6 Å². The zero-order chi connectivity index (χ0) is 14.2. The van der Waals surface area contributed by atoms with E-state index in [1.807, 2.05) is 10.8 Å². The Labute approximate surface area is 119 Å². The molecule has 5 nitrogen and oxygen atoms in total. The molecule has 2 aliphatic rings. The molecule has 0 atom stereocenters. The van der Waals surface area contributed by atoms with Crippen LogP contribution in [0.4, 0.5) is 5.69 Å². The normalized spacial score (nSPS) is 19.9. The van der Waals surface area contributed by atoms with Crippen LogP contribution in [0.2, 0.25) is 0 Å². The zero-order valence-corrected chi connectivity index (χ0v) is 12.0. The van der Waals surface area contributed by atoms with Crippen molar-refractivity contribution in [1.82, 2.24) is 9.88 Å². The molecule has 110 valence electrons. The summed E-state index contributed by atoms with van der Waals surface area (Å²) in [5, 5.41) is 3.08. The number of hydrogen-bond acceptors (Lipinski definition) is 3. The van der Waals surface area contributed by atoms with Crippen molar-refractivity contribution in [2.24, 2.45) is 5.41 Å². The van der Waals surface area contributed by atoms with Gasteiger partial charge in [-0.15, -0.1) is 0 Å². The van der Waals surface area contributed by atoms with Crippen LogP contribution >= 0.6 is 0 Å². The third kappa shape index (κ3) is 2.82. The predicted octanol–water partition coefficient (Wildman–Crippen LogP) is 1.95. The van der Waals surface area contributed by atoms with Gasteiger partial charge in [0.1, 0.15) is 5.69 Å². The fraction of sp³-hybridized carbons (Fsp3) is 0.667. The number of nitrogens with zero attached hydrogens (tertiary/aromatic N) is 1. The van der Waals surface area contributed by atoms with Crippen molar-refractivity contribution >= 4 is 11.6 Å². The van der Waals surface area contributed by atoms with Crippen molar-refractivity contribution in [3.8, 4) is 0 Å². The summed E-state index contributed by atoms with van der Waals surface area (Å²) in [5.74, 6) is -0.00251. The molecule has 2 fully saturated rings. The minimum Gasteiger partial charge on any atom is -0.397 e. The number of aromatic nitrogens is 1. The number of ether oxygens (including phenoxy) is 1. The summed E-state index contributed by atoms with van der Waals surface area (Å²) in [6.07, 6.45) is 7.56. The maximum Gasteiger partial charge on any atom is 0.268 e. The highest BCUT2D eigenvalue weighted by Gasteiger charge is 2.42. The molecule has 3 N–H and O–H groups in total. The molecule has 0 unspecified atom stereocenters. The van der Waals surface area contributed by atoms with Crippen LogP contribution in [-0.4, -0.2) is 30.7 Å². The average molecular weight is 277 g/mol. The van der Waals surface area contributed by atoms with Crippen molar-refractivity contribution in [3.63, 3.8) is 0 Å². The fourth-order valence-corrected chi connectivity index (χ4v) is 2.71. The summed E-state index contributed by atoms with van der Waals surface area (Å²) in [5.41, 5.74) is 7.47. The standard InChI is InChI=1S/C15H23N3O2/c1-20-7-6-15(4-5-15)10-17-14(19)13-8-11(16)9-18(13)12-2-3-12/h8-9,12H,2-7,10,16H2,1H3,(H,17,19). The molecular formula is C15H23N3O2. The van der Waals surface area contributed by atoms with E-state index in [2.05, 4.69) is 5.32 Å². The minimum absolute atomic E-state index is 0.00251. The first kappa shape index (κ1) is 13.5.